The zero-order valence-corrected chi connectivity index (χ0v) is 16.2. The van der Waals surface area contributed by atoms with Crippen LogP contribution in [0.3, 0.4) is 0 Å². The molecular formula is C25H26O3. The van der Waals surface area contributed by atoms with Gasteiger partial charge in [0.15, 0.2) is 0 Å². The molecule has 144 valence electrons. The average Bonchev–Trinajstić information content (AvgIpc) is 2.71. The quantitative estimate of drug-likeness (QED) is 0.446. The fraction of sp³-hybridized carbons (Fsp3) is 0.240. The van der Waals surface area contributed by atoms with Crippen LogP contribution in [0.4, 0.5) is 0 Å². The number of carboxylic acids is 1. The van der Waals surface area contributed by atoms with Crippen molar-refractivity contribution in [2.45, 2.75) is 32.6 Å². The maximum absolute atomic E-state index is 11.1. The number of allylic oxidation sites excluding steroid dienone is 1. The SMILES string of the molecule is C=CCC(CC)CCc1cc(-c2ccc3cc(C(=O)O)ccc3c2)ccc1O. The molecule has 0 amide bonds. The van der Waals surface area contributed by atoms with Crippen molar-refractivity contribution in [1.82, 2.24) is 0 Å². The van der Waals surface area contributed by atoms with E-state index in [1.54, 1.807) is 18.2 Å². The largest absolute Gasteiger partial charge is 0.508 e. The fourth-order valence-corrected chi connectivity index (χ4v) is 3.61. The van der Waals surface area contributed by atoms with Crippen molar-refractivity contribution in [3.05, 3.63) is 78.4 Å². The van der Waals surface area contributed by atoms with Crippen molar-refractivity contribution in [1.29, 1.82) is 0 Å². The van der Waals surface area contributed by atoms with Gasteiger partial charge in [-0.1, -0.05) is 43.7 Å². The second-order valence-electron chi connectivity index (χ2n) is 7.26. The number of aryl methyl sites for hydroxylation is 1. The van der Waals surface area contributed by atoms with Crippen LogP contribution < -0.4 is 0 Å². The number of aromatic carboxylic acids is 1. The van der Waals surface area contributed by atoms with Crippen LogP contribution in [-0.2, 0) is 6.42 Å². The van der Waals surface area contributed by atoms with Crippen LogP contribution in [-0.4, -0.2) is 16.2 Å². The van der Waals surface area contributed by atoms with Crippen molar-refractivity contribution in [3.63, 3.8) is 0 Å². The third-order valence-corrected chi connectivity index (χ3v) is 5.40. The summed E-state index contributed by atoms with van der Waals surface area (Å²) in [6, 6.07) is 16.9. The van der Waals surface area contributed by atoms with Gasteiger partial charge in [-0.3, -0.25) is 0 Å². The molecule has 0 aliphatic carbocycles. The van der Waals surface area contributed by atoms with Gasteiger partial charge in [0.1, 0.15) is 5.75 Å². The number of hydrogen-bond acceptors (Lipinski definition) is 2. The van der Waals surface area contributed by atoms with Crippen LogP contribution in [0.1, 0.15) is 42.1 Å². The van der Waals surface area contributed by atoms with Crippen LogP contribution in [0.15, 0.2) is 67.3 Å². The molecule has 0 saturated carbocycles. The predicted octanol–water partition coefficient (Wildman–Crippen LogP) is 6.45. The third-order valence-electron chi connectivity index (χ3n) is 5.40. The molecule has 0 aromatic heterocycles. The number of phenolic OH excluding ortho intramolecular Hbond substituents is 1. The van der Waals surface area contributed by atoms with Gasteiger partial charge in [0.05, 0.1) is 5.56 Å². The van der Waals surface area contributed by atoms with E-state index in [1.165, 1.54) is 0 Å². The van der Waals surface area contributed by atoms with Gasteiger partial charge in [0, 0.05) is 0 Å². The topological polar surface area (TPSA) is 57.5 Å². The van der Waals surface area contributed by atoms with Crippen molar-refractivity contribution in [2.24, 2.45) is 5.92 Å². The van der Waals surface area contributed by atoms with Gasteiger partial charge in [-0.25, -0.2) is 4.79 Å². The van der Waals surface area contributed by atoms with Gasteiger partial charge in [0.2, 0.25) is 0 Å². The van der Waals surface area contributed by atoms with E-state index in [-0.39, 0.29) is 5.56 Å². The summed E-state index contributed by atoms with van der Waals surface area (Å²) < 4.78 is 0. The molecule has 3 aromatic rings. The Morgan fingerprint density at radius 3 is 2.43 bits per heavy atom. The molecule has 0 heterocycles. The van der Waals surface area contributed by atoms with Gasteiger partial charge in [0.25, 0.3) is 0 Å². The molecule has 0 spiro atoms. The Morgan fingerprint density at radius 2 is 1.71 bits per heavy atom. The highest BCUT2D eigenvalue weighted by Crippen LogP contribution is 2.30. The number of fused-ring (bicyclic) bond motifs is 1. The van der Waals surface area contributed by atoms with Gasteiger partial charge >= 0.3 is 5.97 Å². The zero-order valence-electron chi connectivity index (χ0n) is 16.2. The number of hydrogen-bond donors (Lipinski definition) is 2. The van der Waals surface area contributed by atoms with E-state index in [9.17, 15) is 9.90 Å². The molecule has 2 N–H and O–H groups in total. The summed E-state index contributed by atoms with van der Waals surface area (Å²) in [5.41, 5.74) is 3.35. The zero-order chi connectivity index (χ0) is 20.1. The number of rotatable bonds is 8. The van der Waals surface area contributed by atoms with E-state index in [4.69, 9.17) is 5.11 Å². The fourth-order valence-electron chi connectivity index (χ4n) is 3.61. The number of carboxylic acid groups (broad SMARTS) is 1. The molecule has 1 unspecified atom stereocenters. The second-order valence-corrected chi connectivity index (χ2v) is 7.26. The van der Waals surface area contributed by atoms with E-state index in [0.717, 1.165) is 53.1 Å². The lowest BCUT2D eigenvalue weighted by atomic mass is 9.92. The molecule has 3 heteroatoms. The summed E-state index contributed by atoms with van der Waals surface area (Å²) in [7, 11) is 0. The average molecular weight is 374 g/mol. The Balaban J connectivity index is 1.87. The smallest absolute Gasteiger partial charge is 0.335 e. The molecule has 28 heavy (non-hydrogen) atoms. The molecule has 3 aromatic carbocycles. The van der Waals surface area contributed by atoms with Crippen LogP contribution in [0, 0.1) is 5.92 Å². The van der Waals surface area contributed by atoms with E-state index < -0.39 is 5.97 Å². The Bertz CT molecular complexity index is 1000. The van der Waals surface area contributed by atoms with Crippen LogP contribution in [0.5, 0.6) is 5.75 Å². The summed E-state index contributed by atoms with van der Waals surface area (Å²) in [4.78, 5) is 11.1. The first kappa shape index (κ1) is 19.7. The van der Waals surface area contributed by atoms with Crippen molar-refractivity contribution < 1.29 is 15.0 Å². The maximum Gasteiger partial charge on any atom is 0.335 e. The summed E-state index contributed by atoms with van der Waals surface area (Å²) >= 11 is 0. The minimum atomic E-state index is -0.920. The molecule has 0 saturated heterocycles. The van der Waals surface area contributed by atoms with E-state index in [1.807, 2.05) is 30.3 Å². The van der Waals surface area contributed by atoms with Crippen molar-refractivity contribution in [2.75, 3.05) is 0 Å². The second kappa shape index (κ2) is 8.75. The highest BCUT2D eigenvalue weighted by Gasteiger charge is 2.10. The number of benzene rings is 3. The summed E-state index contributed by atoms with van der Waals surface area (Å²) in [6.45, 7) is 6.02. The van der Waals surface area contributed by atoms with Crippen molar-refractivity contribution in [3.8, 4) is 16.9 Å². The molecule has 0 fully saturated rings. The molecule has 3 nitrogen and oxygen atoms in total. The van der Waals surface area contributed by atoms with Gasteiger partial charge < -0.3 is 10.2 Å². The van der Waals surface area contributed by atoms with Crippen LogP contribution in [0.25, 0.3) is 21.9 Å². The molecular weight excluding hydrogens is 348 g/mol. The van der Waals surface area contributed by atoms with Gasteiger partial charge in [-0.05, 0) is 83.0 Å². The van der Waals surface area contributed by atoms with Crippen molar-refractivity contribution >= 4 is 16.7 Å². The first-order valence-corrected chi connectivity index (χ1v) is 9.72. The summed E-state index contributed by atoms with van der Waals surface area (Å²) in [5.74, 6) is 0.00439. The Labute approximate surface area is 166 Å². The van der Waals surface area contributed by atoms with Crippen LogP contribution in [0.2, 0.25) is 0 Å². The molecule has 3 rings (SSSR count). The standard InChI is InChI=1S/C25H26O3/c1-3-5-17(4-2)6-7-22-15-21(12-13-24(22)26)18-8-9-20-16-23(25(27)28)11-10-19(20)14-18/h3,8-17,26H,1,4-7H2,2H3,(H,27,28). The third kappa shape index (κ3) is 4.42. The van der Waals surface area contributed by atoms with E-state index >= 15 is 0 Å². The Hall–Kier alpha value is -3.07. The first-order chi connectivity index (χ1) is 13.5. The molecule has 1 atom stereocenters. The first-order valence-electron chi connectivity index (χ1n) is 9.72. The number of phenols is 1. The lowest BCUT2D eigenvalue weighted by molar-refractivity contribution is 0.0697. The number of carbonyl (C=O) groups is 1. The molecule has 0 bridgehead atoms. The molecule has 0 radical (unpaired) electrons. The Kier molecular flexibility index (Phi) is 6.15. The minimum absolute atomic E-state index is 0.289. The van der Waals surface area contributed by atoms with Gasteiger partial charge in [-0.2, -0.15) is 0 Å². The maximum atomic E-state index is 11.1. The Morgan fingerprint density at radius 1 is 1.04 bits per heavy atom. The lowest BCUT2D eigenvalue weighted by Gasteiger charge is -2.14. The van der Waals surface area contributed by atoms with Crippen LogP contribution >= 0.6 is 0 Å². The molecule has 0 aliphatic heterocycles. The monoisotopic (exact) mass is 374 g/mol. The lowest BCUT2D eigenvalue weighted by Crippen LogP contribution is -2.00. The van der Waals surface area contributed by atoms with Gasteiger partial charge in [-0.15, -0.1) is 6.58 Å². The highest BCUT2D eigenvalue weighted by atomic mass is 16.4. The number of aromatic hydroxyl groups is 1. The minimum Gasteiger partial charge on any atom is -0.508 e. The van der Waals surface area contributed by atoms with E-state index in [0.29, 0.717) is 11.7 Å². The highest BCUT2D eigenvalue weighted by molar-refractivity contribution is 5.95. The molecule has 0 aliphatic rings. The summed E-state index contributed by atoms with van der Waals surface area (Å²) in [5, 5.41) is 21.3. The predicted molar refractivity (Wildman–Crippen MR) is 115 cm³/mol. The normalized spacial score (nSPS) is 12.0. The van der Waals surface area contributed by atoms with E-state index in [2.05, 4.69) is 25.6 Å². The summed E-state index contributed by atoms with van der Waals surface area (Å²) in [6.07, 6.45) is 5.93.